The van der Waals surface area contributed by atoms with Gasteiger partial charge in [0.15, 0.2) is 0 Å². The molecule has 7 heteroatoms. The van der Waals surface area contributed by atoms with Crippen LogP contribution in [0.1, 0.15) is 18.9 Å². The molecule has 1 N–H and O–H groups in total. The summed E-state index contributed by atoms with van der Waals surface area (Å²) in [4.78, 5) is -0.0531. The number of halogens is 2. The van der Waals surface area contributed by atoms with Crippen molar-refractivity contribution in [3.63, 3.8) is 0 Å². The lowest BCUT2D eigenvalue weighted by Crippen LogP contribution is -2.34. The molecule has 0 aromatic heterocycles. The standard InChI is InChI=1S/C14H18ClFN2O2S/c1-10-3-5-18(6-4-10)21(19,20)12-7-11(9-17-2)14(15)13(16)8-12/h3,7-8,17H,4-6,9H2,1-2H3. The summed E-state index contributed by atoms with van der Waals surface area (Å²) < 4.78 is 40.4. The summed E-state index contributed by atoms with van der Waals surface area (Å²) in [6, 6.07) is 2.42. The Morgan fingerprint density at radius 2 is 2.14 bits per heavy atom. The lowest BCUT2D eigenvalue weighted by Gasteiger charge is -2.25. The lowest BCUT2D eigenvalue weighted by atomic mass is 10.1. The van der Waals surface area contributed by atoms with Crippen molar-refractivity contribution in [1.82, 2.24) is 9.62 Å². The first-order chi connectivity index (χ1) is 9.86. The second kappa shape index (κ2) is 6.44. The fourth-order valence-electron chi connectivity index (χ4n) is 2.21. The predicted octanol–water partition coefficient (Wildman–Crippen LogP) is 2.54. The molecule has 21 heavy (non-hydrogen) atoms. The zero-order valence-corrected chi connectivity index (χ0v) is 13.6. The molecular formula is C14H18ClFN2O2S. The van der Waals surface area contributed by atoms with E-state index in [1.165, 1.54) is 15.9 Å². The lowest BCUT2D eigenvalue weighted by molar-refractivity contribution is 0.431. The molecular weight excluding hydrogens is 315 g/mol. The molecule has 0 saturated carbocycles. The summed E-state index contributed by atoms with van der Waals surface area (Å²) >= 11 is 5.87. The topological polar surface area (TPSA) is 49.4 Å². The van der Waals surface area contributed by atoms with Gasteiger partial charge in [-0.15, -0.1) is 0 Å². The van der Waals surface area contributed by atoms with E-state index in [1.54, 1.807) is 7.05 Å². The Labute approximate surface area is 129 Å². The van der Waals surface area contributed by atoms with Gasteiger partial charge in [-0.2, -0.15) is 4.31 Å². The van der Waals surface area contributed by atoms with Gasteiger partial charge >= 0.3 is 0 Å². The molecule has 0 atom stereocenters. The Morgan fingerprint density at radius 1 is 1.43 bits per heavy atom. The van der Waals surface area contributed by atoms with Crippen molar-refractivity contribution in [2.45, 2.75) is 24.8 Å². The molecule has 0 amide bonds. The van der Waals surface area contributed by atoms with Gasteiger partial charge in [0.1, 0.15) is 5.82 Å². The van der Waals surface area contributed by atoms with Crippen molar-refractivity contribution in [1.29, 1.82) is 0 Å². The molecule has 116 valence electrons. The van der Waals surface area contributed by atoms with Crippen LogP contribution in [0.15, 0.2) is 28.7 Å². The summed E-state index contributed by atoms with van der Waals surface area (Å²) in [7, 11) is -2.02. The first-order valence-electron chi connectivity index (χ1n) is 6.64. The smallest absolute Gasteiger partial charge is 0.243 e. The van der Waals surface area contributed by atoms with Gasteiger partial charge in [-0.1, -0.05) is 23.3 Å². The zero-order valence-electron chi connectivity index (χ0n) is 12.0. The van der Waals surface area contributed by atoms with Gasteiger partial charge in [-0.3, -0.25) is 0 Å². The molecule has 0 bridgehead atoms. The molecule has 4 nitrogen and oxygen atoms in total. The highest BCUT2D eigenvalue weighted by molar-refractivity contribution is 7.89. The van der Waals surface area contributed by atoms with Crippen LogP contribution < -0.4 is 5.32 Å². The van der Waals surface area contributed by atoms with Crippen LogP contribution >= 0.6 is 11.6 Å². The van der Waals surface area contributed by atoms with Crippen molar-refractivity contribution in [3.05, 3.63) is 40.2 Å². The van der Waals surface area contributed by atoms with E-state index >= 15 is 0 Å². The van der Waals surface area contributed by atoms with Crippen LogP contribution in [0.3, 0.4) is 0 Å². The highest BCUT2D eigenvalue weighted by atomic mass is 35.5. The fraction of sp³-hybridized carbons (Fsp3) is 0.429. The number of benzene rings is 1. The van der Waals surface area contributed by atoms with Gasteiger partial charge in [0.05, 0.1) is 9.92 Å². The van der Waals surface area contributed by atoms with E-state index in [9.17, 15) is 12.8 Å². The van der Waals surface area contributed by atoms with Gasteiger partial charge in [0, 0.05) is 19.6 Å². The Balaban J connectivity index is 2.41. The predicted molar refractivity (Wildman–Crippen MR) is 81.3 cm³/mol. The average Bonchev–Trinajstić information content (AvgIpc) is 2.44. The Bertz CT molecular complexity index is 674. The molecule has 1 aliphatic rings. The second-order valence-corrected chi connectivity index (χ2v) is 7.39. The normalized spacial score (nSPS) is 16.9. The largest absolute Gasteiger partial charge is 0.316 e. The van der Waals surface area contributed by atoms with Crippen molar-refractivity contribution >= 4 is 21.6 Å². The number of nitrogens with one attached hydrogen (secondary N) is 1. The molecule has 0 unspecified atom stereocenters. The summed E-state index contributed by atoms with van der Waals surface area (Å²) in [6.45, 7) is 3.01. The van der Waals surface area contributed by atoms with Crippen LogP contribution in [0.5, 0.6) is 0 Å². The molecule has 1 aromatic rings. The Kier molecular flexibility index (Phi) is 5.03. The van der Waals surface area contributed by atoms with Gasteiger partial charge in [-0.05, 0) is 38.1 Å². The minimum Gasteiger partial charge on any atom is -0.316 e. The van der Waals surface area contributed by atoms with Gasteiger partial charge in [0.25, 0.3) is 0 Å². The van der Waals surface area contributed by atoms with Gasteiger partial charge < -0.3 is 5.32 Å². The Morgan fingerprint density at radius 3 is 2.71 bits per heavy atom. The maximum Gasteiger partial charge on any atom is 0.243 e. The Hall–Kier alpha value is -0.950. The van der Waals surface area contributed by atoms with Crippen LogP contribution in [0, 0.1) is 5.82 Å². The molecule has 0 saturated heterocycles. The van der Waals surface area contributed by atoms with E-state index in [0.717, 1.165) is 6.07 Å². The number of hydrogen-bond donors (Lipinski definition) is 1. The summed E-state index contributed by atoms with van der Waals surface area (Å²) in [5.41, 5.74) is 1.60. The molecule has 0 radical (unpaired) electrons. The quantitative estimate of drug-likeness (QED) is 0.862. The van der Waals surface area contributed by atoms with E-state index in [2.05, 4.69) is 5.32 Å². The maximum atomic E-state index is 13.9. The third-order valence-corrected chi connectivity index (χ3v) is 5.75. The number of sulfonamides is 1. The molecule has 0 fully saturated rings. The monoisotopic (exact) mass is 332 g/mol. The zero-order chi connectivity index (χ0) is 15.6. The van der Waals surface area contributed by atoms with Crippen LogP contribution in [0.25, 0.3) is 0 Å². The van der Waals surface area contributed by atoms with E-state index < -0.39 is 15.8 Å². The SMILES string of the molecule is CNCc1cc(S(=O)(=O)N2CC=C(C)CC2)cc(F)c1Cl. The molecule has 2 rings (SSSR count). The summed E-state index contributed by atoms with van der Waals surface area (Å²) in [6.07, 6.45) is 2.57. The van der Waals surface area contributed by atoms with Crippen LogP contribution in [-0.2, 0) is 16.6 Å². The summed E-state index contributed by atoms with van der Waals surface area (Å²) in [5, 5.41) is 2.80. The minimum absolute atomic E-state index is 0.0438. The van der Waals surface area contributed by atoms with E-state index in [-0.39, 0.29) is 9.92 Å². The number of nitrogens with zero attached hydrogens (tertiary/aromatic N) is 1. The molecule has 0 aliphatic carbocycles. The fourth-order valence-corrected chi connectivity index (χ4v) is 3.83. The molecule has 1 aromatic carbocycles. The van der Waals surface area contributed by atoms with Crippen molar-refractivity contribution in [3.8, 4) is 0 Å². The first-order valence-corrected chi connectivity index (χ1v) is 8.46. The van der Waals surface area contributed by atoms with E-state index in [0.29, 0.717) is 31.6 Å². The number of hydrogen-bond acceptors (Lipinski definition) is 3. The van der Waals surface area contributed by atoms with E-state index in [1.807, 2.05) is 13.0 Å². The average molecular weight is 333 g/mol. The van der Waals surface area contributed by atoms with Crippen LogP contribution in [0.4, 0.5) is 4.39 Å². The highest BCUT2D eigenvalue weighted by Gasteiger charge is 2.27. The minimum atomic E-state index is -3.70. The third kappa shape index (κ3) is 3.45. The molecule has 0 spiro atoms. The number of rotatable bonds is 4. The maximum absolute atomic E-state index is 13.9. The van der Waals surface area contributed by atoms with Gasteiger partial charge in [0.2, 0.25) is 10.0 Å². The van der Waals surface area contributed by atoms with Crippen LogP contribution in [0.2, 0.25) is 5.02 Å². The van der Waals surface area contributed by atoms with Crippen molar-refractivity contribution < 1.29 is 12.8 Å². The van der Waals surface area contributed by atoms with Gasteiger partial charge in [-0.25, -0.2) is 12.8 Å². The van der Waals surface area contributed by atoms with Crippen molar-refractivity contribution in [2.75, 3.05) is 20.1 Å². The van der Waals surface area contributed by atoms with Crippen molar-refractivity contribution in [2.24, 2.45) is 0 Å². The third-order valence-electron chi connectivity index (χ3n) is 3.48. The van der Waals surface area contributed by atoms with Crippen LogP contribution in [-0.4, -0.2) is 32.9 Å². The summed E-state index contributed by atoms with van der Waals surface area (Å²) in [5.74, 6) is -0.716. The highest BCUT2D eigenvalue weighted by Crippen LogP contribution is 2.27. The van der Waals surface area contributed by atoms with E-state index in [4.69, 9.17) is 11.6 Å². The first kappa shape index (κ1) is 16.4. The molecule has 1 aliphatic heterocycles. The second-order valence-electron chi connectivity index (χ2n) is 5.07. The molecule has 1 heterocycles.